The van der Waals surface area contributed by atoms with Crippen LogP contribution in [-0.2, 0) is 53.1 Å². The molecule has 0 saturated carbocycles. The molecule has 3 atom stereocenters. The van der Waals surface area contributed by atoms with Crippen LogP contribution in [-0.4, -0.2) is 155 Å². The van der Waals surface area contributed by atoms with Crippen LogP contribution in [0.5, 0.6) is 0 Å². The van der Waals surface area contributed by atoms with Crippen molar-refractivity contribution in [3.63, 3.8) is 0 Å². The van der Waals surface area contributed by atoms with Gasteiger partial charge in [0.25, 0.3) is 0 Å². The van der Waals surface area contributed by atoms with Gasteiger partial charge in [-0.25, -0.2) is 0 Å². The number of ether oxygens (including phenoxy) is 6. The van der Waals surface area contributed by atoms with Crippen LogP contribution in [0, 0.1) is 0 Å². The highest BCUT2D eigenvalue weighted by Crippen LogP contribution is 2.42. The lowest BCUT2D eigenvalue weighted by atomic mass is 10.5. The number of rotatable bonds is 35. The van der Waals surface area contributed by atoms with Gasteiger partial charge in [0.1, 0.15) is 0 Å². The fraction of sp³-hybridized carbons (Fsp3) is 1.00. The van der Waals surface area contributed by atoms with Crippen LogP contribution in [0.1, 0.15) is 19.8 Å². The molecule has 0 aromatic heterocycles. The highest BCUT2D eigenvalue weighted by atomic mass is 28.5. The highest BCUT2D eigenvalue weighted by Gasteiger charge is 2.57. The van der Waals surface area contributed by atoms with Gasteiger partial charge in [0.2, 0.25) is 0 Å². The Morgan fingerprint density at radius 2 is 0.729 bits per heavy atom. The van der Waals surface area contributed by atoms with E-state index in [9.17, 15) is 0 Å². The molecule has 0 aromatic carbocycles. The molecular weight excluding hydrogens is 901 g/mol. The van der Waals surface area contributed by atoms with E-state index in [1.807, 2.05) is 0 Å². The van der Waals surface area contributed by atoms with Crippen molar-refractivity contribution in [3.8, 4) is 0 Å². The molecule has 1 fully saturated rings. The van der Waals surface area contributed by atoms with Gasteiger partial charge in [0, 0.05) is 20.3 Å². The Morgan fingerprint density at radius 3 is 1.14 bits per heavy atom. The molecule has 1 aliphatic heterocycles. The number of hydrogen-bond acceptors (Lipinski definition) is 12. The van der Waals surface area contributed by atoms with E-state index in [-0.39, 0.29) is 0 Å². The van der Waals surface area contributed by atoms with Crippen molar-refractivity contribution >= 4 is 75.6 Å². The molecule has 0 amide bonds. The molecule has 0 spiro atoms. The van der Waals surface area contributed by atoms with E-state index in [0.717, 1.165) is 68.4 Å². The Hall–Kier alpha value is 1.47. The average molecular weight is 996 g/mol. The zero-order valence-electron chi connectivity index (χ0n) is 41.5. The zero-order chi connectivity index (χ0) is 45.1. The van der Waals surface area contributed by atoms with E-state index >= 15 is 0 Å². The fourth-order valence-electron chi connectivity index (χ4n) is 7.85. The van der Waals surface area contributed by atoms with Crippen LogP contribution < -0.4 is 0 Å². The number of methoxy groups -OCH3 is 1. The van der Waals surface area contributed by atoms with Crippen molar-refractivity contribution < 1.29 is 53.1 Å². The zero-order valence-corrected chi connectivity index (χ0v) is 50.5. The predicted octanol–water partition coefficient (Wildman–Crippen LogP) is 10.2. The summed E-state index contributed by atoms with van der Waals surface area (Å²) in [5.74, 6) is 0. The molecule has 3 unspecified atom stereocenters. The van der Waals surface area contributed by atoms with Crippen molar-refractivity contribution in [2.75, 3.05) is 79.4 Å². The monoisotopic (exact) mass is 994 g/mol. The van der Waals surface area contributed by atoms with Gasteiger partial charge in [-0.1, -0.05) is 6.92 Å². The average Bonchev–Trinajstić information content (AvgIpc) is 3.05. The normalized spacial score (nSPS) is 22.7. The molecule has 0 bridgehead atoms. The first-order valence-corrected chi connectivity index (χ1v) is 49.1. The molecule has 0 aromatic rings. The summed E-state index contributed by atoms with van der Waals surface area (Å²) < 4.78 is 76.5. The van der Waals surface area contributed by atoms with Crippen LogP contribution in [0.25, 0.3) is 0 Å². The second-order valence-corrected chi connectivity index (χ2v) is 58.3. The lowest BCUT2D eigenvalue weighted by molar-refractivity contribution is 0.0204. The van der Waals surface area contributed by atoms with Gasteiger partial charge in [-0.3, -0.25) is 0 Å². The third kappa shape index (κ3) is 28.9. The van der Waals surface area contributed by atoms with Crippen molar-refractivity contribution in [1.82, 2.24) is 0 Å². The summed E-state index contributed by atoms with van der Waals surface area (Å²) in [5.41, 5.74) is 0. The summed E-state index contributed by atoms with van der Waals surface area (Å²) in [4.78, 5) is 0. The summed E-state index contributed by atoms with van der Waals surface area (Å²) in [5, 5.41) is 0. The summed E-state index contributed by atoms with van der Waals surface area (Å²) in [6.07, 6.45) is 2.69. The van der Waals surface area contributed by atoms with Crippen LogP contribution in [0.2, 0.25) is 147 Å². The van der Waals surface area contributed by atoms with E-state index in [1.54, 1.807) is 7.11 Å². The summed E-state index contributed by atoms with van der Waals surface area (Å²) in [6, 6.07) is 6.95. The standard InChI is InChI=1S/C38H94O12Si9/c1-19-21-40-25-27-43-29-30-44-38-56(14,15)47-55(12,13)34-37-59(18)49-57(16,35-32-53(8,9)45-51(3,4)5)48-58(17,50-59)36-33-54(10,11)46-52(6,7)31-20-22-41-26-28-42-24-23-39-2/h19-38H2,1-18H3. The van der Waals surface area contributed by atoms with Crippen molar-refractivity contribution in [1.29, 1.82) is 0 Å². The summed E-state index contributed by atoms with van der Waals surface area (Å²) >= 11 is 0. The Labute approximate surface area is 373 Å². The van der Waals surface area contributed by atoms with Gasteiger partial charge in [-0.05, 0) is 160 Å². The molecule has 0 aliphatic carbocycles. The molecule has 59 heavy (non-hydrogen) atoms. The first-order valence-electron chi connectivity index (χ1n) is 22.6. The van der Waals surface area contributed by atoms with E-state index in [1.165, 1.54) is 0 Å². The van der Waals surface area contributed by atoms with Gasteiger partial charge in [0.15, 0.2) is 49.9 Å². The van der Waals surface area contributed by atoms with E-state index in [0.29, 0.717) is 59.1 Å². The fourth-order valence-corrected chi connectivity index (χ4v) is 57.7. The molecule has 1 rings (SSSR count). The molecule has 1 aliphatic rings. The molecule has 1 heterocycles. The third-order valence-corrected chi connectivity index (χ3v) is 45.6. The second-order valence-electron chi connectivity index (χ2n) is 21.0. The molecule has 0 N–H and O–H groups in total. The quantitative estimate of drug-likeness (QED) is 0.0445. The first kappa shape index (κ1) is 58.5. The summed E-state index contributed by atoms with van der Waals surface area (Å²) in [7, 11) is -17.8. The second kappa shape index (κ2) is 26.6. The van der Waals surface area contributed by atoms with E-state index < -0.39 is 75.6 Å². The Kier molecular flexibility index (Phi) is 26.3. The molecule has 354 valence electrons. The van der Waals surface area contributed by atoms with Gasteiger partial charge in [-0.15, -0.1) is 0 Å². The predicted molar refractivity (Wildman–Crippen MR) is 267 cm³/mol. The topological polar surface area (TPSA) is 111 Å². The van der Waals surface area contributed by atoms with Gasteiger partial charge in [-0.2, -0.15) is 0 Å². The Bertz CT molecular complexity index is 1080. The van der Waals surface area contributed by atoms with E-state index in [4.69, 9.17) is 53.1 Å². The van der Waals surface area contributed by atoms with Gasteiger partial charge < -0.3 is 53.1 Å². The molecule has 1 saturated heterocycles. The first-order chi connectivity index (χ1) is 27.0. The maximum absolute atomic E-state index is 7.32. The Balaban J connectivity index is 2.98. The largest absolute Gasteiger partial charge is 0.456 e. The van der Waals surface area contributed by atoms with Crippen molar-refractivity contribution in [2.45, 2.75) is 167 Å². The lowest BCUT2D eigenvalue weighted by Gasteiger charge is -2.52. The van der Waals surface area contributed by atoms with Gasteiger partial charge in [0.05, 0.1) is 59.1 Å². The Morgan fingerprint density at radius 1 is 0.390 bits per heavy atom. The van der Waals surface area contributed by atoms with Crippen LogP contribution in [0.15, 0.2) is 0 Å². The SMILES string of the molecule is CCCOCCOCCOC[Si](C)(C)O[Si](C)(C)CC[Si]1(C)O[Si](C)(CC[Si](C)(C)O[Si](C)(C)C)O[Si](C)(CC[Si](C)(C)O[Si](C)(C)CCCOCCOCCOC)O1. The minimum absolute atomic E-state index is 0.573. The van der Waals surface area contributed by atoms with Crippen molar-refractivity contribution in [2.24, 2.45) is 0 Å². The molecule has 21 heteroatoms. The third-order valence-electron chi connectivity index (χ3n) is 9.94. The highest BCUT2D eigenvalue weighted by molar-refractivity contribution is 6.95. The maximum Gasteiger partial charge on any atom is 0.317 e. The molecule has 12 nitrogen and oxygen atoms in total. The van der Waals surface area contributed by atoms with Crippen LogP contribution in [0.4, 0.5) is 0 Å². The number of hydrogen-bond donors (Lipinski definition) is 0. The minimum atomic E-state index is -2.62. The molecular formula is C38H94O12Si9. The van der Waals surface area contributed by atoms with Crippen molar-refractivity contribution in [3.05, 3.63) is 0 Å². The molecule has 0 radical (unpaired) electrons. The van der Waals surface area contributed by atoms with Gasteiger partial charge >= 0.3 is 25.7 Å². The lowest BCUT2D eigenvalue weighted by Crippen LogP contribution is -2.68. The summed E-state index contributed by atoms with van der Waals surface area (Å²) in [6.45, 7) is 45.8. The van der Waals surface area contributed by atoms with E-state index in [2.05, 4.69) is 112 Å². The van der Waals surface area contributed by atoms with Crippen LogP contribution in [0.3, 0.4) is 0 Å². The minimum Gasteiger partial charge on any atom is -0.456 e. The maximum atomic E-state index is 7.32. The van der Waals surface area contributed by atoms with Crippen LogP contribution >= 0.6 is 0 Å². The smallest absolute Gasteiger partial charge is 0.317 e.